The number of anilines is 2. The highest BCUT2D eigenvalue weighted by Crippen LogP contribution is 2.31. The van der Waals surface area contributed by atoms with Gasteiger partial charge < -0.3 is 10.2 Å². The van der Waals surface area contributed by atoms with Crippen molar-refractivity contribution >= 4 is 27.2 Å². The second-order valence-electron chi connectivity index (χ2n) is 4.59. The highest BCUT2D eigenvalue weighted by molar-refractivity contribution is 7.91. The molecule has 96 valence electrons. The molecule has 1 saturated heterocycles. The third-order valence-electron chi connectivity index (χ3n) is 3.28. The number of sulfone groups is 1. The third-order valence-corrected chi connectivity index (χ3v) is 4.98. The van der Waals surface area contributed by atoms with Gasteiger partial charge in [0.2, 0.25) is 5.91 Å². The summed E-state index contributed by atoms with van der Waals surface area (Å²) < 4.78 is 23.3. The van der Waals surface area contributed by atoms with E-state index in [4.69, 9.17) is 0 Å². The van der Waals surface area contributed by atoms with E-state index in [1.165, 1.54) is 0 Å². The van der Waals surface area contributed by atoms with Crippen LogP contribution in [0.4, 0.5) is 11.5 Å². The summed E-state index contributed by atoms with van der Waals surface area (Å²) in [7, 11) is -3.04. The van der Waals surface area contributed by atoms with Crippen LogP contribution in [0.15, 0.2) is 18.3 Å². The van der Waals surface area contributed by atoms with Crippen molar-refractivity contribution in [2.75, 3.05) is 28.3 Å². The first-order valence-electron chi connectivity index (χ1n) is 5.77. The van der Waals surface area contributed by atoms with E-state index >= 15 is 0 Å². The zero-order chi connectivity index (χ0) is 12.8. The average Bonchev–Trinajstić information content (AvgIpc) is 2.42. The van der Waals surface area contributed by atoms with Gasteiger partial charge in [-0.25, -0.2) is 13.4 Å². The summed E-state index contributed by atoms with van der Waals surface area (Å²) in [6.07, 6.45) is 1.84. The molecule has 7 heteroatoms. The number of hydrogen-bond acceptors (Lipinski definition) is 5. The highest BCUT2D eigenvalue weighted by atomic mass is 32.2. The van der Waals surface area contributed by atoms with E-state index in [-0.39, 0.29) is 29.9 Å². The van der Waals surface area contributed by atoms with Crippen LogP contribution < -0.4 is 10.2 Å². The second kappa shape index (κ2) is 3.94. The third kappa shape index (κ3) is 1.94. The van der Waals surface area contributed by atoms with Crippen LogP contribution in [0.3, 0.4) is 0 Å². The minimum atomic E-state index is -3.04. The number of fused-ring (bicyclic) bond motifs is 3. The zero-order valence-electron chi connectivity index (χ0n) is 9.67. The molecule has 0 saturated carbocycles. The Morgan fingerprint density at radius 3 is 3.11 bits per heavy atom. The van der Waals surface area contributed by atoms with Gasteiger partial charge in [-0.3, -0.25) is 4.79 Å². The molecule has 0 radical (unpaired) electrons. The average molecular weight is 267 g/mol. The van der Waals surface area contributed by atoms with Crippen molar-refractivity contribution in [1.29, 1.82) is 0 Å². The number of nitrogens with one attached hydrogen (secondary N) is 1. The Kier molecular flexibility index (Phi) is 2.51. The van der Waals surface area contributed by atoms with Crippen molar-refractivity contribution in [2.24, 2.45) is 0 Å². The van der Waals surface area contributed by atoms with Gasteiger partial charge in [-0.15, -0.1) is 0 Å². The van der Waals surface area contributed by atoms with Crippen LogP contribution in [0.25, 0.3) is 0 Å². The van der Waals surface area contributed by atoms with Gasteiger partial charge in [0.1, 0.15) is 0 Å². The second-order valence-corrected chi connectivity index (χ2v) is 6.82. The molecule has 3 heterocycles. The monoisotopic (exact) mass is 267 g/mol. The van der Waals surface area contributed by atoms with Crippen LogP contribution in [-0.2, 0) is 14.6 Å². The SMILES string of the molecule is O=C1CC2CS(=O)(=O)CCN2c2ncccc2N1. The maximum absolute atomic E-state index is 11.8. The van der Waals surface area contributed by atoms with Gasteiger partial charge in [-0.05, 0) is 12.1 Å². The largest absolute Gasteiger partial charge is 0.349 e. The molecule has 1 N–H and O–H groups in total. The van der Waals surface area contributed by atoms with Crippen molar-refractivity contribution < 1.29 is 13.2 Å². The molecule has 3 rings (SSSR count). The molecule has 18 heavy (non-hydrogen) atoms. The Labute approximate surface area is 105 Å². The van der Waals surface area contributed by atoms with E-state index in [2.05, 4.69) is 10.3 Å². The lowest BCUT2D eigenvalue weighted by Crippen LogP contribution is -2.49. The van der Waals surface area contributed by atoms with Gasteiger partial charge in [-0.1, -0.05) is 0 Å². The summed E-state index contributed by atoms with van der Waals surface area (Å²) in [6.45, 7) is 0.395. The van der Waals surface area contributed by atoms with Crippen LogP contribution in [0.5, 0.6) is 0 Å². The first-order chi connectivity index (χ1) is 8.55. The molecule has 1 amide bonds. The summed E-state index contributed by atoms with van der Waals surface area (Å²) in [5, 5.41) is 2.77. The molecule has 2 aliphatic rings. The molecular formula is C11H13N3O3S. The fraction of sp³-hybridized carbons (Fsp3) is 0.455. The Morgan fingerprint density at radius 2 is 2.28 bits per heavy atom. The first kappa shape index (κ1) is 11.5. The van der Waals surface area contributed by atoms with Crippen molar-refractivity contribution in [3.05, 3.63) is 18.3 Å². The Bertz CT molecular complexity index is 599. The minimum Gasteiger partial charge on any atom is -0.349 e. The van der Waals surface area contributed by atoms with Gasteiger partial charge in [-0.2, -0.15) is 0 Å². The maximum atomic E-state index is 11.8. The van der Waals surface area contributed by atoms with Gasteiger partial charge in [0.15, 0.2) is 15.7 Å². The quantitative estimate of drug-likeness (QED) is 0.717. The number of hydrogen-bond donors (Lipinski definition) is 1. The molecule has 1 aromatic rings. The van der Waals surface area contributed by atoms with Crippen LogP contribution in [0.2, 0.25) is 0 Å². The molecule has 1 aromatic heterocycles. The standard InChI is InChI=1S/C11H13N3O3S/c15-10-6-8-7-18(16,17)5-4-14(8)11-9(13-10)2-1-3-12-11/h1-3,8H,4-7H2,(H,13,15). The number of aromatic nitrogens is 1. The number of rotatable bonds is 0. The number of amides is 1. The van der Waals surface area contributed by atoms with Gasteiger partial charge in [0.05, 0.1) is 23.2 Å². The van der Waals surface area contributed by atoms with E-state index in [1.807, 2.05) is 4.90 Å². The smallest absolute Gasteiger partial charge is 0.226 e. The molecule has 0 spiro atoms. The van der Waals surface area contributed by atoms with E-state index in [0.29, 0.717) is 18.1 Å². The van der Waals surface area contributed by atoms with E-state index < -0.39 is 9.84 Å². The zero-order valence-corrected chi connectivity index (χ0v) is 10.5. The van der Waals surface area contributed by atoms with Gasteiger partial charge in [0.25, 0.3) is 0 Å². The van der Waals surface area contributed by atoms with E-state index in [0.717, 1.165) is 0 Å². The summed E-state index contributed by atoms with van der Waals surface area (Å²) in [5.74, 6) is 0.654. The number of pyridine rings is 1. The first-order valence-corrected chi connectivity index (χ1v) is 7.59. The topological polar surface area (TPSA) is 79.4 Å². The van der Waals surface area contributed by atoms with Gasteiger partial charge in [0, 0.05) is 19.2 Å². The normalized spacial score (nSPS) is 25.7. The molecule has 0 bridgehead atoms. The lowest BCUT2D eigenvalue weighted by atomic mass is 10.2. The summed E-state index contributed by atoms with van der Waals surface area (Å²) >= 11 is 0. The Hall–Kier alpha value is -1.63. The Balaban J connectivity index is 2.05. The highest BCUT2D eigenvalue weighted by Gasteiger charge is 2.36. The number of nitrogens with zero attached hydrogens (tertiary/aromatic N) is 2. The fourth-order valence-corrected chi connectivity index (χ4v) is 4.00. The predicted octanol–water partition coefficient (Wildman–Crippen LogP) is 0.0272. The lowest BCUT2D eigenvalue weighted by molar-refractivity contribution is -0.116. The Morgan fingerprint density at radius 1 is 1.44 bits per heavy atom. The minimum absolute atomic E-state index is 0.0242. The van der Waals surface area contributed by atoms with Crippen molar-refractivity contribution in [3.8, 4) is 0 Å². The number of carbonyl (C=O) groups excluding carboxylic acids is 1. The summed E-state index contributed by atoms with van der Waals surface area (Å²) in [5.41, 5.74) is 0.657. The molecule has 1 fully saturated rings. The molecule has 2 aliphatic heterocycles. The fourth-order valence-electron chi connectivity index (χ4n) is 2.47. The molecule has 0 aromatic carbocycles. The lowest BCUT2D eigenvalue weighted by Gasteiger charge is -2.34. The van der Waals surface area contributed by atoms with Crippen LogP contribution in [0, 0.1) is 0 Å². The van der Waals surface area contributed by atoms with Crippen molar-refractivity contribution in [1.82, 2.24) is 4.98 Å². The van der Waals surface area contributed by atoms with Crippen molar-refractivity contribution in [2.45, 2.75) is 12.5 Å². The number of carbonyl (C=O) groups is 1. The molecule has 6 nitrogen and oxygen atoms in total. The maximum Gasteiger partial charge on any atom is 0.226 e. The van der Waals surface area contributed by atoms with Crippen LogP contribution >= 0.6 is 0 Å². The van der Waals surface area contributed by atoms with Crippen LogP contribution in [0.1, 0.15) is 6.42 Å². The van der Waals surface area contributed by atoms with Crippen molar-refractivity contribution in [3.63, 3.8) is 0 Å². The van der Waals surface area contributed by atoms with E-state index in [9.17, 15) is 13.2 Å². The molecular weight excluding hydrogens is 254 g/mol. The summed E-state index contributed by atoms with van der Waals surface area (Å²) in [6, 6.07) is 3.23. The summed E-state index contributed by atoms with van der Waals surface area (Å²) in [4.78, 5) is 17.9. The van der Waals surface area contributed by atoms with E-state index in [1.54, 1.807) is 18.3 Å². The van der Waals surface area contributed by atoms with Crippen LogP contribution in [-0.4, -0.2) is 43.4 Å². The van der Waals surface area contributed by atoms with Gasteiger partial charge >= 0.3 is 0 Å². The molecule has 1 unspecified atom stereocenters. The predicted molar refractivity (Wildman–Crippen MR) is 67.3 cm³/mol. The molecule has 1 atom stereocenters. The molecule has 0 aliphatic carbocycles.